The van der Waals surface area contributed by atoms with Gasteiger partial charge in [0.2, 0.25) is 0 Å². The van der Waals surface area contributed by atoms with Gasteiger partial charge in [0.1, 0.15) is 0 Å². The third-order valence-electron chi connectivity index (χ3n) is 5.85. The maximum Gasteiger partial charge on any atom is 0.335 e. The van der Waals surface area contributed by atoms with Crippen LogP contribution in [0.4, 0.5) is 8.78 Å². The number of carbonyl (C=O) groups is 1. The Balaban J connectivity index is 1.57. The van der Waals surface area contributed by atoms with E-state index in [1.54, 1.807) is 30.3 Å². The molecular formula is C24H26F2O4. The predicted molar refractivity (Wildman–Crippen MR) is 109 cm³/mol. The number of aliphatic hydroxyl groups excluding tert-OH is 2. The zero-order valence-corrected chi connectivity index (χ0v) is 16.5. The van der Waals surface area contributed by atoms with E-state index in [0.29, 0.717) is 12.8 Å². The van der Waals surface area contributed by atoms with E-state index in [1.165, 1.54) is 12.1 Å². The Morgan fingerprint density at radius 2 is 1.87 bits per heavy atom. The first-order chi connectivity index (χ1) is 14.3. The fourth-order valence-corrected chi connectivity index (χ4v) is 4.14. The number of aliphatic hydroxyl groups is 2. The van der Waals surface area contributed by atoms with Crippen LogP contribution in [-0.4, -0.2) is 33.5 Å². The van der Waals surface area contributed by atoms with E-state index in [4.69, 9.17) is 5.11 Å². The summed E-state index contributed by atoms with van der Waals surface area (Å²) in [6.45, 7) is 0. The summed E-state index contributed by atoms with van der Waals surface area (Å²) in [5.41, 5.74) is 1.37. The zero-order chi connectivity index (χ0) is 21.7. The van der Waals surface area contributed by atoms with Crippen molar-refractivity contribution in [3.8, 4) is 0 Å². The lowest BCUT2D eigenvalue weighted by Gasteiger charge is -2.20. The summed E-state index contributed by atoms with van der Waals surface area (Å²) in [4.78, 5) is 10.9. The second kappa shape index (κ2) is 9.96. The summed E-state index contributed by atoms with van der Waals surface area (Å²) >= 11 is 0. The molecule has 1 fully saturated rings. The lowest BCUT2D eigenvalue weighted by atomic mass is 9.88. The van der Waals surface area contributed by atoms with Crippen molar-refractivity contribution < 1.29 is 28.9 Å². The number of carboxylic acids is 1. The van der Waals surface area contributed by atoms with Gasteiger partial charge < -0.3 is 15.3 Å². The van der Waals surface area contributed by atoms with E-state index in [1.807, 2.05) is 6.08 Å². The Labute approximate surface area is 174 Å². The highest BCUT2D eigenvalue weighted by Gasteiger charge is 2.33. The van der Waals surface area contributed by atoms with Crippen LogP contribution < -0.4 is 0 Å². The molecule has 30 heavy (non-hydrogen) atoms. The normalized spacial score (nSPS) is 22.5. The third kappa shape index (κ3) is 5.52. The highest BCUT2D eigenvalue weighted by atomic mass is 19.2. The van der Waals surface area contributed by atoms with Crippen molar-refractivity contribution in [1.82, 2.24) is 0 Å². The van der Waals surface area contributed by atoms with Crippen molar-refractivity contribution in [3.05, 3.63) is 82.9 Å². The molecule has 4 nitrogen and oxygen atoms in total. The Kier molecular flexibility index (Phi) is 7.34. The second-order valence-electron chi connectivity index (χ2n) is 7.88. The molecule has 1 aliphatic carbocycles. The molecule has 4 unspecified atom stereocenters. The number of aryl methyl sites for hydroxylation is 1. The van der Waals surface area contributed by atoms with Gasteiger partial charge in [-0.2, -0.15) is 0 Å². The SMILES string of the molecule is O=C(O)c1ccc(CCC2C(O)CCC2C=CC(O)Cc2cccc(F)c2F)cc1. The molecule has 2 aromatic carbocycles. The van der Waals surface area contributed by atoms with Crippen molar-refractivity contribution >= 4 is 5.97 Å². The molecule has 0 heterocycles. The smallest absolute Gasteiger partial charge is 0.335 e. The molecule has 4 atom stereocenters. The van der Waals surface area contributed by atoms with Crippen LogP contribution in [0.5, 0.6) is 0 Å². The molecule has 0 aromatic heterocycles. The Hall–Kier alpha value is -2.57. The molecule has 6 heteroatoms. The molecule has 0 saturated heterocycles. The van der Waals surface area contributed by atoms with Gasteiger partial charge in [0.25, 0.3) is 0 Å². The van der Waals surface area contributed by atoms with Crippen molar-refractivity contribution in [2.45, 2.75) is 44.3 Å². The van der Waals surface area contributed by atoms with E-state index in [9.17, 15) is 23.8 Å². The summed E-state index contributed by atoms with van der Waals surface area (Å²) in [5, 5.41) is 29.6. The van der Waals surface area contributed by atoms with Gasteiger partial charge in [0.15, 0.2) is 11.6 Å². The van der Waals surface area contributed by atoms with Crippen LogP contribution in [0.2, 0.25) is 0 Å². The van der Waals surface area contributed by atoms with E-state index in [-0.39, 0.29) is 29.4 Å². The monoisotopic (exact) mass is 416 g/mol. The highest BCUT2D eigenvalue weighted by molar-refractivity contribution is 5.87. The van der Waals surface area contributed by atoms with E-state index >= 15 is 0 Å². The van der Waals surface area contributed by atoms with Gasteiger partial charge >= 0.3 is 5.97 Å². The molecule has 0 amide bonds. The number of benzene rings is 2. The van der Waals surface area contributed by atoms with Crippen LogP contribution in [0.1, 0.15) is 40.7 Å². The van der Waals surface area contributed by atoms with Gasteiger partial charge in [-0.05, 0) is 66.8 Å². The van der Waals surface area contributed by atoms with Crippen LogP contribution in [0.3, 0.4) is 0 Å². The van der Waals surface area contributed by atoms with Crippen molar-refractivity contribution in [1.29, 1.82) is 0 Å². The molecule has 0 aliphatic heterocycles. The number of allylic oxidation sites excluding steroid dienone is 1. The minimum Gasteiger partial charge on any atom is -0.478 e. The van der Waals surface area contributed by atoms with Crippen LogP contribution >= 0.6 is 0 Å². The zero-order valence-electron chi connectivity index (χ0n) is 16.5. The summed E-state index contributed by atoms with van der Waals surface area (Å²) < 4.78 is 27.1. The molecule has 3 rings (SSSR count). The van der Waals surface area contributed by atoms with Crippen LogP contribution in [0, 0.1) is 23.5 Å². The van der Waals surface area contributed by atoms with E-state index < -0.39 is 29.8 Å². The number of aromatic carboxylic acids is 1. The van der Waals surface area contributed by atoms with Crippen molar-refractivity contribution in [2.24, 2.45) is 11.8 Å². The molecule has 3 N–H and O–H groups in total. The average Bonchev–Trinajstić information content (AvgIpc) is 3.08. The molecule has 160 valence electrons. The lowest BCUT2D eigenvalue weighted by Crippen LogP contribution is -2.19. The second-order valence-corrected chi connectivity index (χ2v) is 7.88. The van der Waals surface area contributed by atoms with Crippen LogP contribution in [-0.2, 0) is 12.8 Å². The van der Waals surface area contributed by atoms with Gasteiger partial charge in [-0.3, -0.25) is 0 Å². The first kappa shape index (κ1) is 22.1. The van der Waals surface area contributed by atoms with E-state index in [2.05, 4.69) is 0 Å². The quantitative estimate of drug-likeness (QED) is 0.565. The maximum absolute atomic E-state index is 13.8. The van der Waals surface area contributed by atoms with Gasteiger partial charge in [-0.25, -0.2) is 13.6 Å². The Morgan fingerprint density at radius 3 is 2.57 bits per heavy atom. The number of hydrogen-bond acceptors (Lipinski definition) is 3. The lowest BCUT2D eigenvalue weighted by molar-refractivity contribution is 0.0697. The summed E-state index contributed by atoms with van der Waals surface area (Å²) in [7, 11) is 0. The minimum atomic E-state index is -0.963. The molecule has 0 spiro atoms. The first-order valence-corrected chi connectivity index (χ1v) is 10.1. The number of rotatable bonds is 8. The van der Waals surface area contributed by atoms with Crippen LogP contribution in [0.25, 0.3) is 0 Å². The molecular weight excluding hydrogens is 390 g/mol. The van der Waals surface area contributed by atoms with E-state index in [0.717, 1.165) is 24.5 Å². The predicted octanol–water partition coefficient (Wildman–Crippen LogP) is 4.14. The largest absolute Gasteiger partial charge is 0.478 e. The minimum absolute atomic E-state index is 0.0179. The van der Waals surface area contributed by atoms with Gasteiger partial charge in [0.05, 0.1) is 17.8 Å². The van der Waals surface area contributed by atoms with Gasteiger partial charge in [0, 0.05) is 6.42 Å². The first-order valence-electron chi connectivity index (χ1n) is 10.1. The van der Waals surface area contributed by atoms with Gasteiger partial charge in [-0.1, -0.05) is 36.4 Å². The molecule has 1 saturated carbocycles. The molecule has 2 aromatic rings. The summed E-state index contributed by atoms with van der Waals surface area (Å²) in [6.07, 6.45) is 4.99. The Bertz CT molecular complexity index is 895. The number of halogens is 2. The topological polar surface area (TPSA) is 77.8 Å². The van der Waals surface area contributed by atoms with Crippen molar-refractivity contribution in [2.75, 3.05) is 0 Å². The third-order valence-corrected chi connectivity index (χ3v) is 5.85. The standard InChI is InChI=1S/C24H26F2O4/c25-21-3-1-2-18(23(21)26)14-19(27)11-9-16-10-13-22(28)20(16)12-6-15-4-7-17(8-5-15)24(29)30/h1-5,7-9,11,16,19-20,22,27-28H,6,10,12-14H2,(H,29,30). The maximum atomic E-state index is 13.8. The molecule has 0 bridgehead atoms. The van der Waals surface area contributed by atoms with Gasteiger partial charge in [-0.15, -0.1) is 0 Å². The fourth-order valence-electron chi connectivity index (χ4n) is 4.14. The number of hydrogen-bond donors (Lipinski definition) is 3. The molecule has 0 radical (unpaired) electrons. The number of carboxylic acid groups (broad SMARTS) is 1. The average molecular weight is 416 g/mol. The summed E-state index contributed by atoms with van der Waals surface area (Å²) in [6, 6.07) is 10.6. The Morgan fingerprint density at radius 1 is 1.13 bits per heavy atom. The van der Waals surface area contributed by atoms with Crippen LogP contribution in [0.15, 0.2) is 54.6 Å². The fraction of sp³-hybridized carbons (Fsp3) is 0.375. The van der Waals surface area contributed by atoms with Crippen molar-refractivity contribution in [3.63, 3.8) is 0 Å². The molecule has 1 aliphatic rings. The summed E-state index contributed by atoms with van der Waals surface area (Å²) in [5.74, 6) is -2.72. The highest BCUT2D eigenvalue weighted by Crippen LogP contribution is 2.36.